The third-order valence-electron chi connectivity index (χ3n) is 3.15. The molecule has 0 radical (unpaired) electrons. The van der Waals surface area contributed by atoms with E-state index in [1.54, 1.807) is 11.3 Å². The van der Waals surface area contributed by atoms with E-state index in [0.29, 0.717) is 24.6 Å². The number of hydrogen-bond acceptors (Lipinski definition) is 6. The topological polar surface area (TPSA) is 59.2 Å². The lowest BCUT2D eigenvalue weighted by atomic mass is 10.2. The summed E-state index contributed by atoms with van der Waals surface area (Å²) in [5, 5.41) is 11.9. The van der Waals surface area contributed by atoms with Gasteiger partial charge < -0.3 is 9.32 Å². The minimum atomic E-state index is 0.181. The van der Waals surface area contributed by atoms with Crippen molar-refractivity contribution in [1.82, 2.24) is 15.1 Å². The first-order chi connectivity index (χ1) is 9.83. The molecular formula is C13H15N3O2S2. The average Bonchev–Trinajstić information content (AvgIpc) is 3.16. The molecule has 0 spiro atoms. The lowest BCUT2D eigenvalue weighted by Gasteiger charge is -2.26. The molecule has 3 rings (SSSR count). The highest BCUT2D eigenvalue weighted by atomic mass is 32.2. The smallest absolute Gasteiger partial charge is 0.248 e. The maximum absolute atomic E-state index is 12.0. The van der Waals surface area contributed by atoms with E-state index in [1.807, 2.05) is 33.5 Å². The van der Waals surface area contributed by atoms with E-state index >= 15 is 0 Å². The maximum Gasteiger partial charge on any atom is 0.248 e. The zero-order chi connectivity index (χ0) is 13.8. The van der Waals surface area contributed by atoms with Gasteiger partial charge in [-0.25, -0.2) is 0 Å². The average molecular weight is 309 g/mol. The SMILES string of the molecule is O=C(CCc1nnc(-c2ccsc2)o1)N1CCSCC1. The van der Waals surface area contributed by atoms with E-state index in [1.165, 1.54) is 0 Å². The van der Waals surface area contributed by atoms with Gasteiger partial charge in [-0.05, 0) is 11.4 Å². The van der Waals surface area contributed by atoms with Crippen molar-refractivity contribution in [2.24, 2.45) is 0 Å². The molecule has 3 heterocycles. The number of hydrogen-bond donors (Lipinski definition) is 0. The lowest BCUT2D eigenvalue weighted by Crippen LogP contribution is -2.37. The van der Waals surface area contributed by atoms with Gasteiger partial charge in [0.2, 0.25) is 17.7 Å². The fourth-order valence-corrected chi connectivity index (χ4v) is 3.58. The standard InChI is InChI=1S/C13H15N3O2S2/c17-12(16-4-7-19-8-5-16)2-1-11-14-15-13(18-11)10-3-6-20-9-10/h3,6,9H,1-2,4-5,7-8H2. The van der Waals surface area contributed by atoms with Crippen LogP contribution in [-0.2, 0) is 11.2 Å². The first-order valence-electron chi connectivity index (χ1n) is 6.53. The predicted molar refractivity (Wildman–Crippen MR) is 79.8 cm³/mol. The fourth-order valence-electron chi connectivity index (χ4n) is 2.04. The number of thiophene rings is 1. The Morgan fingerprint density at radius 3 is 2.95 bits per heavy atom. The summed E-state index contributed by atoms with van der Waals surface area (Å²) < 4.78 is 5.58. The van der Waals surface area contributed by atoms with Gasteiger partial charge in [0.25, 0.3) is 0 Å². The minimum absolute atomic E-state index is 0.181. The Kier molecular flexibility index (Phi) is 4.37. The molecule has 1 saturated heterocycles. The summed E-state index contributed by atoms with van der Waals surface area (Å²) in [6.45, 7) is 1.71. The number of nitrogens with zero attached hydrogens (tertiary/aromatic N) is 3. The Hall–Kier alpha value is -1.34. The summed E-state index contributed by atoms with van der Waals surface area (Å²) in [5.41, 5.74) is 0.938. The van der Waals surface area contributed by atoms with Crippen LogP contribution >= 0.6 is 23.1 Å². The molecule has 0 N–H and O–H groups in total. The van der Waals surface area contributed by atoms with Crippen LogP contribution in [0, 0.1) is 0 Å². The Morgan fingerprint density at radius 2 is 2.20 bits per heavy atom. The van der Waals surface area contributed by atoms with E-state index in [-0.39, 0.29) is 5.91 Å². The molecule has 1 aliphatic heterocycles. The van der Waals surface area contributed by atoms with Crippen molar-refractivity contribution < 1.29 is 9.21 Å². The molecule has 1 amide bonds. The molecule has 0 aromatic carbocycles. The number of carbonyl (C=O) groups is 1. The van der Waals surface area contributed by atoms with Gasteiger partial charge in [0.1, 0.15) is 0 Å². The summed E-state index contributed by atoms with van der Waals surface area (Å²) >= 11 is 3.49. The molecule has 2 aromatic heterocycles. The van der Waals surface area contributed by atoms with Gasteiger partial charge >= 0.3 is 0 Å². The van der Waals surface area contributed by atoms with Gasteiger partial charge in [-0.2, -0.15) is 23.1 Å². The monoisotopic (exact) mass is 309 g/mol. The van der Waals surface area contributed by atoms with Gasteiger partial charge in [0, 0.05) is 48.4 Å². The predicted octanol–water partition coefficient (Wildman–Crippen LogP) is 2.31. The van der Waals surface area contributed by atoms with Gasteiger partial charge in [0.15, 0.2) is 0 Å². The number of amides is 1. The molecular weight excluding hydrogens is 294 g/mol. The quantitative estimate of drug-likeness (QED) is 0.867. The summed E-state index contributed by atoms with van der Waals surface area (Å²) in [5.74, 6) is 3.32. The van der Waals surface area contributed by atoms with Crippen molar-refractivity contribution >= 4 is 29.0 Å². The summed E-state index contributed by atoms with van der Waals surface area (Å²) in [7, 11) is 0. The van der Waals surface area contributed by atoms with Crippen LogP contribution in [0.4, 0.5) is 0 Å². The number of thioether (sulfide) groups is 1. The molecule has 0 saturated carbocycles. The van der Waals surface area contributed by atoms with Crippen LogP contribution in [0.2, 0.25) is 0 Å². The van der Waals surface area contributed by atoms with Crippen molar-refractivity contribution in [2.75, 3.05) is 24.6 Å². The molecule has 1 fully saturated rings. The van der Waals surface area contributed by atoms with Gasteiger partial charge in [-0.1, -0.05) is 0 Å². The van der Waals surface area contributed by atoms with Crippen molar-refractivity contribution in [3.05, 3.63) is 22.7 Å². The zero-order valence-corrected chi connectivity index (χ0v) is 12.6. The van der Waals surface area contributed by atoms with Gasteiger partial charge in [-0.3, -0.25) is 4.79 Å². The fraction of sp³-hybridized carbons (Fsp3) is 0.462. The van der Waals surface area contributed by atoms with Crippen molar-refractivity contribution in [3.8, 4) is 11.5 Å². The van der Waals surface area contributed by atoms with Crippen molar-refractivity contribution in [2.45, 2.75) is 12.8 Å². The first kappa shape index (κ1) is 13.6. The van der Waals surface area contributed by atoms with E-state index in [4.69, 9.17) is 4.42 Å². The Morgan fingerprint density at radius 1 is 1.35 bits per heavy atom. The van der Waals surface area contributed by atoms with Gasteiger partial charge in [0.05, 0.1) is 0 Å². The van der Waals surface area contributed by atoms with Crippen molar-refractivity contribution in [3.63, 3.8) is 0 Å². The lowest BCUT2D eigenvalue weighted by molar-refractivity contribution is -0.130. The highest BCUT2D eigenvalue weighted by Crippen LogP contribution is 2.21. The largest absolute Gasteiger partial charge is 0.421 e. The van der Waals surface area contributed by atoms with Crippen LogP contribution in [0.1, 0.15) is 12.3 Å². The molecule has 0 aliphatic carbocycles. The van der Waals surface area contributed by atoms with Crippen LogP contribution in [0.5, 0.6) is 0 Å². The maximum atomic E-state index is 12.0. The molecule has 106 valence electrons. The van der Waals surface area contributed by atoms with Crippen LogP contribution in [0.25, 0.3) is 11.5 Å². The number of carbonyl (C=O) groups excluding carboxylic acids is 1. The van der Waals surface area contributed by atoms with Crippen molar-refractivity contribution in [1.29, 1.82) is 0 Å². The third-order valence-corrected chi connectivity index (χ3v) is 4.78. The molecule has 7 heteroatoms. The highest BCUT2D eigenvalue weighted by molar-refractivity contribution is 7.99. The number of aryl methyl sites for hydroxylation is 1. The molecule has 20 heavy (non-hydrogen) atoms. The van der Waals surface area contributed by atoms with E-state index in [2.05, 4.69) is 10.2 Å². The number of aromatic nitrogens is 2. The normalized spacial score (nSPS) is 15.5. The summed E-state index contributed by atoms with van der Waals surface area (Å²) in [4.78, 5) is 14.0. The summed E-state index contributed by atoms with van der Waals surface area (Å²) in [6.07, 6.45) is 0.954. The molecule has 1 aliphatic rings. The highest BCUT2D eigenvalue weighted by Gasteiger charge is 2.17. The van der Waals surface area contributed by atoms with E-state index in [0.717, 1.165) is 30.2 Å². The minimum Gasteiger partial charge on any atom is -0.421 e. The zero-order valence-electron chi connectivity index (χ0n) is 10.9. The second kappa shape index (κ2) is 6.41. The summed E-state index contributed by atoms with van der Waals surface area (Å²) in [6, 6.07) is 1.94. The third kappa shape index (κ3) is 3.21. The molecule has 0 bridgehead atoms. The van der Waals surface area contributed by atoms with Crippen LogP contribution < -0.4 is 0 Å². The Labute approximate surface area is 125 Å². The number of rotatable bonds is 4. The van der Waals surface area contributed by atoms with E-state index < -0.39 is 0 Å². The second-order valence-corrected chi connectivity index (χ2v) is 6.51. The van der Waals surface area contributed by atoms with Crippen LogP contribution in [0.3, 0.4) is 0 Å². The van der Waals surface area contributed by atoms with Crippen LogP contribution in [-0.4, -0.2) is 45.6 Å². The molecule has 0 atom stereocenters. The molecule has 2 aromatic rings. The first-order valence-corrected chi connectivity index (χ1v) is 8.63. The Balaban J connectivity index is 1.54. The Bertz CT molecular complexity index is 562. The van der Waals surface area contributed by atoms with E-state index in [9.17, 15) is 4.79 Å². The molecule has 5 nitrogen and oxygen atoms in total. The molecule has 0 unspecified atom stereocenters. The van der Waals surface area contributed by atoms with Gasteiger partial charge in [-0.15, -0.1) is 10.2 Å². The second-order valence-electron chi connectivity index (χ2n) is 4.51. The van der Waals surface area contributed by atoms with Crippen LogP contribution in [0.15, 0.2) is 21.2 Å².